The van der Waals surface area contributed by atoms with Crippen LogP contribution in [0.4, 0.5) is 13.2 Å². The average Bonchev–Trinajstić information content (AvgIpc) is 2.16. The molecule has 0 aliphatic rings. The van der Waals surface area contributed by atoms with Gasteiger partial charge in [-0.2, -0.15) is 0 Å². The minimum atomic E-state index is -4.91. The van der Waals surface area contributed by atoms with Crippen molar-refractivity contribution in [3.8, 4) is 5.75 Å². The summed E-state index contributed by atoms with van der Waals surface area (Å²) in [5.74, 6) is -0.657. The van der Waals surface area contributed by atoms with E-state index in [2.05, 4.69) is 25.7 Å². The van der Waals surface area contributed by atoms with Gasteiger partial charge < -0.3 is 14.8 Å². The molecule has 1 aromatic rings. The highest BCUT2D eigenvalue weighted by Crippen LogP contribution is 2.29. The number of aromatic amines is 1. The lowest BCUT2D eigenvalue weighted by Gasteiger charge is -2.14. The van der Waals surface area contributed by atoms with Gasteiger partial charge in [0.05, 0.1) is 12.2 Å². The van der Waals surface area contributed by atoms with Crippen molar-refractivity contribution >= 4 is 15.9 Å². The predicted octanol–water partition coefficient (Wildman–Crippen LogP) is 1.66. The number of nitrogens with one attached hydrogen (secondary N) is 1. The van der Waals surface area contributed by atoms with E-state index < -0.39 is 29.8 Å². The Morgan fingerprint density at radius 2 is 2.12 bits per heavy atom. The molecule has 1 rings (SSSR count). The van der Waals surface area contributed by atoms with Crippen LogP contribution in [-0.2, 0) is 11.9 Å². The highest BCUT2D eigenvalue weighted by Gasteiger charge is 2.33. The summed E-state index contributed by atoms with van der Waals surface area (Å²) in [5, 5.41) is 8.89. The zero-order chi connectivity index (χ0) is 12.3. The molecule has 0 unspecified atom stereocenters. The van der Waals surface area contributed by atoms with Crippen molar-refractivity contribution in [2.24, 2.45) is 0 Å². The molecule has 0 atom stereocenters. The molecule has 0 aliphatic heterocycles. The Hall–Kier alpha value is -1.02. The first-order valence-corrected chi connectivity index (χ1v) is 5.17. The molecule has 0 fully saturated rings. The number of rotatable bonds is 3. The quantitative estimate of drug-likeness (QED) is 0.835. The van der Waals surface area contributed by atoms with E-state index in [1.54, 1.807) is 0 Å². The van der Waals surface area contributed by atoms with E-state index in [0.717, 1.165) is 6.20 Å². The summed E-state index contributed by atoms with van der Waals surface area (Å²) in [5.41, 5.74) is -1.17. The maximum Gasteiger partial charge on any atom is 0.573 e. The SMILES string of the molecule is O=c1[nH]cc(CBr)c(OC(F)(F)F)c1CO. The Morgan fingerprint density at radius 1 is 1.50 bits per heavy atom. The number of hydrogen-bond donors (Lipinski definition) is 2. The van der Waals surface area contributed by atoms with Crippen molar-refractivity contribution in [2.45, 2.75) is 18.3 Å². The van der Waals surface area contributed by atoms with Crippen LogP contribution in [0, 0.1) is 0 Å². The van der Waals surface area contributed by atoms with Gasteiger partial charge in [-0.1, -0.05) is 15.9 Å². The van der Waals surface area contributed by atoms with E-state index in [4.69, 9.17) is 5.11 Å². The van der Waals surface area contributed by atoms with E-state index in [1.807, 2.05) is 0 Å². The molecule has 0 radical (unpaired) electrons. The number of alkyl halides is 4. The lowest BCUT2D eigenvalue weighted by Crippen LogP contribution is -2.23. The molecule has 0 aromatic carbocycles. The molecule has 16 heavy (non-hydrogen) atoms. The number of aromatic nitrogens is 1. The summed E-state index contributed by atoms with van der Waals surface area (Å²) in [4.78, 5) is 13.4. The smallest absolute Gasteiger partial charge is 0.405 e. The van der Waals surface area contributed by atoms with Crippen LogP contribution >= 0.6 is 15.9 Å². The molecule has 0 spiro atoms. The van der Waals surface area contributed by atoms with Gasteiger partial charge in [-0.3, -0.25) is 4.79 Å². The highest BCUT2D eigenvalue weighted by atomic mass is 79.9. The number of H-pyrrole nitrogens is 1. The van der Waals surface area contributed by atoms with Gasteiger partial charge in [0, 0.05) is 17.1 Å². The van der Waals surface area contributed by atoms with Crippen LogP contribution in [-0.4, -0.2) is 16.5 Å². The second-order valence-corrected chi connectivity index (χ2v) is 3.35. The molecule has 1 aromatic heterocycles. The third-order valence-corrected chi connectivity index (χ3v) is 2.34. The van der Waals surface area contributed by atoms with Crippen LogP contribution in [0.1, 0.15) is 11.1 Å². The lowest BCUT2D eigenvalue weighted by atomic mass is 10.2. The molecule has 0 bridgehead atoms. The van der Waals surface area contributed by atoms with Crippen LogP contribution in [0.25, 0.3) is 0 Å². The van der Waals surface area contributed by atoms with Gasteiger partial charge in [0.1, 0.15) is 5.75 Å². The first kappa shape index (κ1) is 13.0. The molecule has 90 valence electrons. The van der Waals surface area contributed by atoms with Crippen LogP contribution in [0.15, 0.2) is 11.0 Å². The number of aliphatic hydroxyl groups excluding tert-OH is 1. The molecular weight excluding hydrogens is 295 g/mol. The van der Waals surface area contributed by atoms with E-state index >= 15 is 0 Å². The molecule has 0 saturated heterocycles. The molecule has 0 saturated carbocycles. The summed E-state index contributed by atoms with van der Waals surface area (Å²) in [6, 6.07) is 0. The minimum absolute atomic E-state index is 0.0577. The summed E-state index contributed by atoms with van der Waals surface area (Å²) in [7, 11) is 0. The highest BCUT2D eigenvalue weighted by molar-refractivity contribution is 9.08. The monoisotopic (exact) mass is 301 g/mol. The molecule has 0 amide bonds. The van der Waals surface area contributed by atoms with Crippen LogP contribution < -0.4 is 10.3 Å². The van der Waals surface area contributed by atoms with Crippen molar-refractivity contribution in [3.05, 3.63) is 27.7 Å². The Morgan fingerprint density at radius 3 is 2.56 bits per heavy atom. The Labute approximate surface area is 96.2 Å². The average molecular weight is 302 g/mol. The maximum atomic E-state index is 12.1. The van der Waals surface area contributed by atoms with Crippen LogP contribution in [0.3, 0.4) is 0 Å². The maximum absolute atomic E-state index is 12.1. The van der Waals surface area contributed by atoms with Gasteiger partial charge in [-0.05, 0) is 0 Å². The van der Waals surface area contributed by atoms with Crippen molar-refractivity contribution < 1.29 is 23.0 Å². The van der Waals surface area contributed by atoms with Gasteiger partial charge in [0.25, 0.3) is 5.56 Å². The van der Waals surface area contributed by atoms with Crippen LogP contribution in [0.2, 0.25) is 0 Å². The summed E-state index contributed by atoms with van der Waals surface area (Å²) in [6.07, 6.45) is -3.81. The van der Waals surface area contributed by atoms with Gasteiger partial charge in [-0.15, -0.1) is 13.2 Å². The van der Waals surface area contributed by atoms with Crippen molar-refractivity contribution in [2.75, 3.05) is 0 Å². The third kappa shape index (κ3) is 2.99. The fourth-order valence-electron chi connectivity index (χ4n) is 1.09. The number of hydrogen-bond acceptors (Lipinski definition) is 3. The van der Waals surface area contributed by atoms with E-state index in [1.165, 1.54) is 0 Å². The zero-order valence-electron chi connectivity index (χ0n) is 7.77. The second kappa shape index (κ2) is 4.88. The van der Waals surface area contributed by atoms with Gasteiger partial charge in [0.15, 0.2) is 0 Å². The summed E-state index contributed by atoms with van der Waals surface area (Å²) < 4.78 is 39.9. The predicted molar refractivity (Wildman–Crippen MR) is 52.3 cm³/mol. The Kier molecular flexibility index (Phi) is 3.98. The van der Waals surface area contributed by atoms with Crippen molar-refractivity contribution in [3.63, 3.8) is 0 Å². The normalized spacial score (nSPS) is 11.6. The molecule has 8 heteroatoms. The molecule has 0 aliphatic carbocycles. The van der Waals surface area contributed by atoms with Crippen molar-refractivity contribution in [1.82, 2.24) is 4.98 Å². The Bertz CT molecular complexity index is 430. The van der Waals surface area contributed by atoms with Gasteiger partial charge in [-0.25, -0.2) is 0 Å². The number of pyridine rings is 1. The second-order valence-electron chi connectivity index (χ2n) is 2.79. The summed E-state index contributed by atoms with van der Waals surface area (Å²) in [6.45, 7) is -0.832. The molecular formula is C8H7BrF3NO3. The van der Waals surface area contributed by atoms with E-state index in [9.17, 15) is 18.0 Å². The largest absolute Gasteiger partial charge is 0.573 e. The lowest BCUT2D eigenvalue weighted by molar-refractivity contribution is -0.275. The minimum Gasteiger partial charge on any atom is -0.405 e. The number of ether oxygens (including phenoxy) is 1. The van der Waals surface area contributed by atoms with Gasteiger partial charge >= 0.3 is 6.36 Å². The fourth-order valence-corrected chi connectivity index (χ4v) is 1.50. The first-order valence-electron chi connectivity index (χ1n) is 4.05. The molecule has 4 nitrogen and oxygen atoms in total. The first-order chi connectivity index (χ1) is 7.39. The third-order valence-electron chi connectivity index (χ3n) is 1.74. The van der Waals surface area contributed by atoms with Gasteiger partial charge in [0.2, 0.25) is 0 Å². The Balaban J connectivity index is 3.31. The summed E-state index contributed by atoms with van der Waals surface area (Å²) >= 11 is 2.95. The topological polar surface area (TPSA) is 62.3 Å². The number of halogens is 4. The fraction of sp³-hybridized carbons (Fsp3) is 0.375. The number of aliphatic hydroxyl groups is 1. The van der Waals surface area contributed by atoms with Crippen LogP contribution in [0.5, 0.6) is 5.75 Å². The van der Waals surface area contributed by atoms with Crippen molar-refractivity contribution in [1.29, 1.82) is 0 Å². The van der Waals surface area contributed by atoms with E-state index in [-0.39, 0.29) is 10.9 Å². The van der Waals surface area contributed by atoms with E-state index in [0.29, 0.717) is 0 Å². The zero-order valence-corrected chi connectivity index (χ0v) is 9.35. The molecule has 1 heterocycles. The molecule has 2 N–H and O–H groups in total. The standard InChI is InChI=1S/C8H7BrF3NO3/c9-1-4-2-13-7(15)5(3-14)6(4)16-8(10,11)12/h2,14H,1,3H2,(H,13,15).